The molecule has 0 aliphatic rings. The van der Waals surface area contributed by atoms with Crippen LogP contribution in [-0.4, -0.2) is 24.0 Å². The fraction of sp³-hybridized carbons (Fsp3) is 0.417. The van der Waals surface area contributed by atoms with Crippen LogP contribution in [0.4, 0.5) is 4.79 Å². The third-order valence-electron chi connectivity index (χ3n) is 2.09. The van der Waals surface area contributed by atoms with Crippen molar-refractivity contribution in [2.24, 2.45) is 0 Å². The lowest BCUT2D eigenvalue weighted by molar-refractivity contribution is 0.204. The highest BCUT2D eigenvalue weighted by atomic mass is 35.5. The minimum absolute atomic E-state index is 0.0649. The van der Waals surface area contributed by atoms with E-state index in [-0.39, 0.29) is 12.1 Å². The molecule has 4 heteroatoms. The van der Waals surface area contributed by atoms with Gasteiger partial charge in [-0.25, -0.2) is 4.79 Å². The van der Waals surface area contributed by atoms with Gasteiger partial charge in [0.05, 0.1) is 0 Å². The first kappa shape index (κ1) is 12.8. The maximum atomic E-state index is 11.6. The van der Waals surface area contributed by atoms with Crippen LogP contribution in [0.1, 0.15) is 19.4 Å². The molecular formula is C12H17ClN2O. The number of rotatable bonds is 3. The molecule has 1 aromatic carbocycles. The van der Waals surface area contributed by atoms with Crippen molar-refractivity contribution in [1.29, 1.82) is 0 Å². The predicted octanol–water partition coefficient (Wildman–Crippen LogP) is 2.89. The minimum atomic E-state index is -0.0649. The van der Waals surface area contributed by atoms with Crippen LogP contribution in [-0.2, 0) is 6.54 Å². The van der Waals surface area contributed by atoms with Crippen molar-refractivity contribution < 1.29 is 4.79 Å². The van der Waals surface area contributed by atoms with Crippen molar-refractivity contribution >= 4 is 17.6 Å². The molecular weight excluding hydrogens is 224 g/mol. The molecule has 0 spiro atoms. The van der Waals surface area contributed by atoms with Gasteiger partial charge in [-0.3, -0.25) is 0 Å². The monoisotopic (exact) mass is 240 g/mol. The second kappa shape index (κ2) is 5.75. The lowest BCUT2D eigenvalue weighted by Crippen LogP contribution is -2.40. The van der Waals surface area contributed by atoms with Gasteiger partial charge in [0.1, 0.15) is 0 Å². The van der Waals surface area contributed by atoms with Gasteiger partial charge in [0.15, 0.2) is 0 Å². The van der Waals surface area contributed by atoms with Crippen LogP contribution in [0.15, 0.2) is 24.3 Å². The summed E-state index contributed by atoms with van der Waals surface area (Å²) in [6.07, 6.45) is 0. The molecule has 0 bridgehead atoms. The molecule has 1 aromatic rings. The Balaban J connectivity index is 2.53. The molecule has 0 unspecified atom stereocenters. The molecule has 0 fully saturated rings. The van der Waals surface area contributed by atoms with Gasteiger partial charge < -0.3 is 10.2 Å². The quantitative estimate of drug-likeness (QED) is 0.866. The van der Waals surface area contributed by atoms with Gasteiger partial charge in [-0.05, 0) is 31.5 Å². The van der Waals surface area contributed by atoms with Crippen LogP contribution >= 0.6 is 11.6 Å². The van der Waals surface area contributed by atoms with Crippen molar-refractivity contribution in [3.05, 3.63) is 34.9 Å². The molecule has 16 heavy (non-hydrogen) atoms. The number of hydrogen-bond donors (Lipinski definition) is 1. The average Bonchev–Trinajstić information content (AvgIpc) is 2.20. The predicted molar refractivity (Wildman–Crippen MR) is 66.6 cm³/mol. The van der Waals surface area contributed by atoms with E-state index in [1.807, 2.05) is 38.1 Å². The Labute approximate surface area is 101 Å². The highest BCUT2D eigenvalue weighted by molar-refractivity contribution is 6.30. The van der Waals surface area contributed by atoms with Crippen LogP contribution < -0.4 is 5.32 Å². The van der Waals surface area contributed by atoms with Gasteiger partial charge in [0, 0.05) is 24.7 Å². The van der Waals surface area contributed by atoms with Crippen LogP contribution in [0.3, 0.4) is 0 Å². The van der Waals surface area contributed by atoms with Crippen LogP contribution in [0.2, 0.25) is 5.02 Å². The van der Waals surface area contributed by atoms with E-state index in [4.69, 9.17) is 11.6 Å². The van der Waals surface area contributed by atoms with Crippen molar-refractivity contribution in [2.75, 3.05) is 7.05 Å². The third kappa shape index (κ3) is 4.11. The van der Waals surface area contributed by atoms with E-state index >= 15 is 0 Å². The van der Waals surface area contributed by atoms with E-state index in [0.29, 0.717) is 11.6 Å². The van der Waals surface area contributed by atoms with E-state index < -0.39 is 0 Å². The summed E-state index contributed by atoms with van der Waals surface area (Å²) in [4.78, 5) is 13.3. The number of halogens is 1. The molecule has 1 N–H and O–H groups in total. The molecule has 2 amide bonds. The van der Waals surface area contributed by atoms with Gasteiger partial charge >= 0.3 is 6.03 Å². The molecule has 0 radical (unpaired) electrons. The molecule has 3 nitrogen and oxygen atoms in total. The summed E-state index contributed by atoms with van der Waals surface area (Å²) in [6.45, 7) is 4.46. The molecule has 0 aliphatic heterocycles. The summed E-state index contributed by atoms with van der Waals surface area (Å²) in [5.41, 5.74) is 1.06. The molecule has 88 valence electrons. The van der Waals surface area contributed by atoms with Crippen molar-refractivity contribution in [2.45, 2.75) is 26.4 Å². The van der Waals surface area contributed by atoms with Gasteiger partial charge in [-0.2, -0.15) is 0 Å². The number of nitrogens with zero attached hydrogens (tertiary/aromatic N) is 1. The van der Waals surface area contributed by atoms with Gasteiger partial charge in [-0.15, -0.1) is 0 Å². The molecule has 0 heterocycles. The Morgan fingerprint density at radius 3 is 2.44 bits per heavy atom. The maximum Gasteiger partial charge on any atom is 0.317 e. The smallest absolute Gasteiger partial charge is 0.317 e. The normalized spacial score (nSPS) is 10.3. The first-order valence-electron chi connectivity index (χ1n) is 5.25. The molecule has 0 aliphatic carbocycles. The van der Waals surface area contributed by atoms with Crippen LogP contribution in [0, 0.1) is 0 Å². The zero-order chi connectivity index (χ0) is 12.1. The zero-order valence-electron chi connectivity index (χ0n) is 9.83. The Kier molecular flexibility index (Phi) is 4.62. The van der Waals surface area contributed by atoms with Gasteiger partial charge in [0.2, 0.25) is 0 Å². The minimum Gasteiger partial charge on any atom is -0.336 e. The number of benzene rings is 1. The zero-order valence-corrected chi connectivity index (χ0v) is 10.6. The summed E-state index contributed by atoms with van der Waals surface area (Å²) < 4.78 is 0. The highest BCUT2D eigenvalue weighted by Gasteiger charge is 2.09. The van der Waals surface area contributed by atoms with E-state index in [0.717, 1.165) is 5.56 Å². The van der Waals surface area contributed by atoms with E-state index in [1.165, 1.54) is 0 Å². The first-order chi connectivity index (χ1) is 7.49. The van der Waals surface area contributed by atoms with Crippen molar-refractivity contribution in [3.8, 4) is 0 Å². The fourth-order valence-corrected chi connectivity index (χ4v) is 1.42. The Hall–Kier alpha value is -1.22. The number of carbonyl (C=O) groups excluding carboxylic acids is 1. The molecule has 0 saturated carbocycles. The fourth-order valence-electron chi connectivity index (χ4n) is 1.29. The summed E-state index contributed by atoms with van der Waals surface area (Å²) in [6, 6.07) is 7.57. The van der Waals surface area contributed by atoms with Crippen molar-refractivity contribution in [3.63, 3.8) is 0 Å². The SMILES string of the molecule is CC(C)NC(=O)N(C)Cc1ccc(Cl)cc1. The molecule has 0 aromatic heterocycles. The van der Waals surface area contributed by atoms with Gasteiger partial charge in [-0.1, -0.05) is 23.7 Å². The number of urea groups is 1. The molecule has 1 rings (SSSR count). The second-order valence-electron chi connectivity index (χ2n) is 4.09. The topological polar surface area (TPSA) is 32.3 Å². The Morgan fingerprint density at radius 2 is 1.94 bits per heavy atom. The van der Waals surface area contributed by atoms with E-state index in [9.17, 15) is 4.79 Å². The lowest BCUT2D eigenvalue weighted by Gasteiger charge is -2.19. The largest absolute Gasteiger partial charge is 0.336 e. The van der Waals surface area contributed by atoms with Crippen molar-refractivity contribution in [1.82, 2.24) is 10.2 Å². The molecule has 0 atom stereocenters. The van der Waals surface area contributed by atoms with E-state index in [1.54, 1.807) is 11.9 Å². The summed E-state index contributed by atoms with van der Waals surface area (Å²) in [5.74, 6) is 0. The highest BCUT2D eigenvalue weighted by Crippen LogP contribution is 2.10. The van der Waals surface area contributed by atoms with Gasteiger partial charge in [0.25, 0.3) is 0 Å². The third-order valence-corrected chi connectivity index (χ3v) is 2.34. The first-order valence-corrected chi connectivity index (χ1v) is 5.63. The Bertz CT molecular complexity index is 349. The number of nitrogens with one attached hydrogen (secondary N) is 1. The number of carbonyl (C=O) groups is 1. The standard InChI is InChI=1S/C12H17ClN2O/c1-9(2)14-12(16)15(3)8-10-4-6-11(13)7-5-10/h4-7,9H,8H2,1-3H3,(H,14,16). The number of amides is 2. The maximum absolute atomic E-state index is 11.6. The average molecular weight is 241 g/mol. The summed E-state index contributed by atoms with van der Waals surface area (Å²) in [7, 11) is 1.77. The summed E-state index contributed by atoms with van der Waals surface area (Å²) in [5, 5.41) is 3.54. The van der Waals surface area contributed by atoms with Crippen LogP contribution in [0.5, 0.6) is 0 Å². The van der Waals surface area contributed by atoms with E-state index in [2.05, 4.69) is 5.32 Å². The van der Waals surface area contributed by atoms with Crippen LogP contribution in [0.25, 0.3) is 0 Å². The summed E-state index contributed by atoms with van der Waals surface area (Å²) >= 11 is 5.79. The molecule has 0 saturated heterocycles. The second-order valence-corrected chi connectivity index (χ2v) is 4.52. The number of hydrogen-bond acceptors (Lipinski definition) is 1. The lowest BCUT2D eigenvalue weighted by atomic mass is 10.2. The Morgan fingerprint density at radius 1 is 1.38 bits per heavy atom.